The summed E-state index contributed by atoms with van der Waals surface area (Å²) < 4.78 is 4.95. The quantitative estimate of drug-likeness (QED) is 0.486. The Morgan fingerprint density at radius 3 is 2.79 bits per heavy atom. The van der Waals surface area contributed by atoms with Crippen LogP contribution in [0, 0.1) is 6.92 Å². The normalized spacial score (nSPS) is 11.1. The Morgan fingerprint density at radius 1 is 1.42 bits per heavy atom. The largest absolute Gasteiger partial charge is 0.462 e. The molecular formula is C14H18N2O3. The number of esters is 1. The van der Waals surface area contributed by atoms with E-state index >= 15 is 0 Å². The standard InChI is InChI=1S/C14H18N2O3/c1-4-6-7-8-12(17)16-11-9-15-10(3)13(11)14(18)19-5-2/h4,6-9,15H,5H2,1-3H3,(H,16,17)/b6-4?,8-7+. The van der Waals surface area contributed by atoms with Gasteiger partial charge in [-0.1, -0.05) is 18.2 Å². The number of allylic oxidation sites excluding steroid dienone is 3. The average molecular weight is 262 g/mol. The molecule has 5 nitrogen and oxygen atoms in total. The van der Waals surface area contributed by atoms with Gasteiger partial charge in [-0.2, -0.15) is 0 Å². The predicted molar refractivity (Wildman–Crippen MR) is 74.1 cm³/mol. The molecule has 0 atom stereocenters. The van der Waals surface area contributed by atoms with Crippen LogP contribution in [-0.2, 0) is 9.53 Å². The van der Waals surface area contributed by atoms with Crippen molar-refractivity contribution in [1.29, 1.82) is 0 Å². The summed E-state index contributed by atoms with van der Waals surface area (Å²) in [4.78, 5) is 26.3. The van der Waals surface area contributed by atoms with Gasteiger partial charge in [-0.05, 0) is 20.8 Å². The Kier molecular flexibility index (Phi) is 5.60. The number of aromatic nitrogens is 1. The van der Waals surface area contributed by atoms with E-state index in [0.717, 1.165) is 0 Å². The SMILES string of the molecule is CC=C/C=C/C(=O)Nc1c[nH]c(C)c1C(=O)OCC. The first-order valence-electron chi connectivity index (χ1n) is 6.05. The van der Waals surface area contributed by atoms with E-state index in [1.807, 2.05) is 13.0 Å². The zero-order valence-corrected chi connectivity index (χ0v) is 11.3. The van der Waals surface area contributed by atoms with Gasteiger partial charge >= 0.3 is 5.97 Å². The van der Waals surface area contributed by atoms with Crippen LogP contribution in [-0.4, -0.2) is 23.5 Å². The highest BCUT2D eigenvalue weighted by Crippen LogP contribution is 2.20. The van der Waals surface area contributed by atoms with Crippen LogP contribution in [0.3, 0.4) is 0 Å². The molecule has 2 N–H and O–H groups in total. The second-order valence-electron chi connectivity index (χ2n) is 3.80. The number of aromatic amines is 1. The first-order valence-corrected chi connectivity index (χ1v) is 6.05. The van der Waals surface area contributed by atoms with Crippen LogP contribution in [0.25, 0.3) is 0 Å². The zero-order chi connectivity index (χ0) is 14.3. The van der Waals surface area contributed by atoms with E-state index in [-0.39, 0.29) is 12.5 Å². The number of hydrogen-bond donors (Lipinski definition) is 2. The van der Waals surface area contributed by atoms with Crippen molar-refractivity contribution in [2.24, 2.45) is 0 Å². The van der Waals surface area contributed by atoms with E-state index in [2.05, 4.69) is 10.3 Å². The molecule has 0 unspecified atom stereocenters. The molecule has 0 radical (unpaired) electrons. The number of hydrogen-bond acceptors (Lipinski definition) is 3. The summed E-state index contributed by atoms with van der Waals surface area (Å²) in [5, 5.41) is 2.64. The van der Waals surface area contributed by atoms with E-state index in [9.17, 15) is 9.59 Å². The Hall–Kier alpha value is -2.30. The molecule has 1 aromatic heterocycles. The summed E-state index contributed by atoms with van der Waals surface area (Å²) in [5.41, 5.74) is 1.44. The van der Waals surface area contributed by atoms with Crippen molar-refractivity contribution in [1.82, 2.24) is 4.98 Å². The van der Waals surface area contributed by atoms with Crippen molar-refractivity contribution in [3.8, 4) is 0 Å². The summed E-state index contributed by atoms with van der Waals surface area (Å²) in [7, 11) is 0. The molecule has 1 amide bonds. The fourth-order valence-electron chi connectivity index (χ4n) is 1.52. The van der Waals surface area contributed by atoms with Gasteiger partial charge in [-0.3, -0.25) is 4.79 Å². The number of H-pyrrole nitrogens is 1. The van der Waals surface area contributed by atoms with Crippen molar-refractivity contribution >= 4 is 17.6 Å². The molecule has 0 aromatic carbocycles. The van der Waals surface area contributed by atoms with E-state index in [1.165, 1.54) is 6.08 Å². The maximum Gasteiger partial charge on any atom is 0.342 e. The highest BCUT2D eigenvalue weighted by molar-refractivity contribution is 6.05. The van der Waals surface area contributed by atoms with Crippen LogP contribution in [0.15, 0.2) is 30.5 Å². The van der Waals surface area contributed by atoms with Crippen LogP contribution in [0.5, 0.6) is 0 Å². The molecule has 0 saturated heterocycles. The van der Waals surface area contributed by atoms with Gasteiger partial charge in [-0.25, -0.2) is 4.79 Å². The highest BCUT2D eigenvalue weighted by Gasteiger charge is 2.18. The number of ether oxygens (including phenoxy) is 1. The van der Waals surface area contributed by atoms with Gasteiger partial charge in [0.1, 0.15) is 5.56 Å². The summed E-state index contributed by atoms with van der Waals surface area (Å²) in [5.74, 6) is -0.753. The van der Waals surface area contributed by atoms with Crippen LogP contribution < -0.4 is 5.32 Å². The Bertz CT molecular complexity index is 513. The lowest BCUT2D eigenvalue weighted by molar-refractivity contribution is -0.111. The summed E-state index contributed by atoms with van der Waals surface area (Å²) in [6, 6.07) is 0. The van der Waals surface area contributed by atoms with Gasteiger partial charge in [-0.15, -0.1) is 0 Å². The van der Waals surface area contributed by atoms with Gasteiger partial charge in [0.05, 0.1) is 12.3 Å². The van der Waals surface area contributed by atoms with Crippen LogP contribution in [0.1, 0.15) is 29.9 Å². The molecule has 0 spiro atoms. The van der Waals surface area contributed by atoms with Crippen LogP contribution in [0.4, 0.5) is 5.69 Å². The smallest absolute Gasteiger partial charge is 0.342 e. The van der Waals surface area contributed by atoms with Gasteiger partial charge in [0.15, 0.2) is 0 Å². The van der Waals surface area contributed by atoms with Crippen LogP contribution in [0.2, 0.25) is 0 Å². The Morgan fingerprint density at radius 2 is 2.16 bits per heavy atom. The monoisotopic (exact) mass is 262 g/mol. The van der Waals surface area contributed by atoms with Crippen molar-refractivity contribution in [2.45, 2.75) is 20.8 Å². The molecular weight excluding hydrogens is 244 g/mol. The van der Waals surface area contributed by atoms with Crippen molar-refractivity contribution in [3.05, 3.63) is 41.8 Å². The van der Waals surface area contributed by atoms with Crippen LogP contribution >= 0.6 is 0 Å². The predicted octanol–water partition coefficient (Wildman–Crippen LogP) is 2.57. The van der Waals surface area contributed by atoms with Gasteiger partial charge in [0, 0.05) is 18.0 Å². The number of anilines is 1. The first kappa shape index (κ1) is 14.8. The molecule has 0 aliphatic heterocycles. The van der Waals surface area contributed by atoms with Gasteiger partial charge in [0.25, 0.3) is 0 Å². The van der Waals surface area contributed by atoms with Crippen molar-refractivity contribution in [2.75, 3.05) is 11.9 Å². The van der Waals surface area contributed by atoms with E-state index in [0.29, 0.717) is 16.9 Å². The third-order valence-electron chi connectivity index (χ3n) is 2.37. The molecule has 0 saturated carbocycles. The second-order valence-corrected chi connectivity index (χ2v) is 3.80. The lowest BCUT2D eigenvalue weighted by Gasteiger charge is -2.05. The number of nitrogens with one attached hydrogen (secondary N) is 2. The molecule has 1 aromatic rings. The van der Waals surface area contributed by atoms with Crippen molar-refractivity contribution < 1.29 is 14.3 Å². The molecule has 0 aliphatic rings. The molecule has 19 heavy (non-hydrogen) atoms. The molecule has 0 bridgehead atoms. The maximum atomic E-state index is 11.8. The molecule has 0 aliphatic carbocycles. The average Bonchev–Trinajstić information content (AvgIpc) is 2.71. The zero-order valence-electron chi connectivity index (χ0n) is 11.3. The minimum Gasteiger partial charge on any atom is -0.462 e. The molecule has 1 rings (SSSR count). The topological polar surface area (TPSA) is 71.2 Å². The second kappa shape index (κ2) is 7.20. The molecule has 102 valence electrons. The third kappa shape index (κ3) is 4.13. The van der Waals surface area contributed by atoms with E-state index < -0.39 is 5.97 Å². The Balaban J connectivity index is 2.84. The maximum absolute atomic E-state index is 11.8. The van der Waals surface area contributed by atoms with Crippen molar-refractivity contribution in [3.63, 3.8) is 0 Å². The summed E-state index contributed by atoms with van der Waals surface area (Å²) in [6.45, 7) is 5.63. The number of amides is 1. The molecule has 5 heteroatoms. The number of carbonyl (C=O) groups excluding carboxylic acids is 2. The molecule has 1 heterocycles. The van der Waals surface area contributed by atoms with Gasteiger partial charge < -0.3 is 15.0 Å². The number of aryl methyl sites for hydroxylation is 1. The lowest BCUT2D eigenvalue weighted by Crippen LogP contribution is -2.13. The number of carbonyl (C=O) groups is 2. The summed E-state index contributed by atoms with van der Waals surface area (Å²) in [6.07, 6.45) is 8.14. The molecule has 0 fully saturated rings. The fraction of sp³-hybridized carbons (Fsp3) is 0.286. The van der Waals surface area contributed by atoms with Gasteiger partial charge in [0.2, 0.25) is 5.91 Å². The third-order valence-corrected chi connectivity index (χ3v) is 2.37. The van der Waals surface area contributed by atoms with E-state index in [4.69, 9.17) is 4.74 Å². The summed E-state index contributed by atoms with van der Waals surface area (Å²) >= 11 is 0. The highest BCUT2D eigenvalue weighted by atomic mass is 16.5. The lowest BCUT2D eigenvalue weighted by atomic mass is 10.2. The minimum absolute atomic E-state index is 0.290. The fourth-order valence-corrected chi connectivity index (χ4v) is 1.52. The minimum atomic E-state index is -0.450. The first-order chi connectivity index (χ1) is 9.10. The Labute approximate surface area is 112 Å². The van der Waals surface area contributed by atoms with E-state index in [1.54, 1.807) is 32.2 Å². The number of rotatable bonds is 5.